The lowest BCUT2D eigenvalue weighted by molar-refractivity contribution is 0.0785. The Morgan fingerprint density at radius 2 is 2.00 bits per heavy atom. The number of amides is 1. The Morgan fingerprint density at radius 1 is 1.25 bits per heavy atom. The van der Waals surface area contributed by atoms with Crippen molar-refractivity contribution in [1.29, 1.82) is 0 Å². The van der Waals surface area contributed by atoms with E-state index in [1.165, 1.54) is 18.2 Å². The van der Waals surface area contributed by atoms with Crippen LogP contribution < -0.4 is 0 Å². The number of phenols is 1. The summed E-state index contributed by atoms with van der Waals surface area (Å²) in [6.07, 6.45) is 0. The number of nitrogens with zero attached hydrogens (tertiary/aromatic N) is 1. The van der Waals surface area contributed by atoms with Crippen molar-refractivity contribution in [3.8, 4) is 5.75 Å². The van der Waals surface area contributed by atoms with Gasteiger partial charge in [-0.15, -0.1) is 0 Å². The molecule has 104 valence electrons. The van der Waals surface area contributed by atoms with Crippen LogP contribution in [0.4, 0.5) is 0 Å². The summed E-state index contributed by atoms with van der Waals surface area (Å²) in [6, 6.07) is 12.3. The Labute approximate surface area is 123 Å². The van der Waals surface area contributed by atoms with Crippen LogP contribution in [0.1, 0.15) is 21.5 Å². The van der Waals surface area contributed by atoms with Gasteiger partial charge in [0.25, 0.3) is 5.91 Å². The van der Waals surface area contributed by atoms with Crippen LogP contribution in [0.2, 0.25) is 5.02 Å². The van der Waals surface area contributed by atoms with E-state index in [0.29, 0.717) is 17.1 Å². The summed E-state index contributed by atoms with van der Waals surface area (Å²) < 4.78 is 0. The molecule has 0 radical (unpaired) electrons. The van der Waals surface area contributed by atoms with Gasteiger partial charge in [-0.3, -0.25) is 4.79 Å². The number of hydrogen-bond donors (Lipinski definition) is 1. The highest BCUT2D eigenvalue weighted by Gasteiger charge is 2.16. The van der Waals surface area contributed by atoms with Crippen molar-refractivity contribution in [1.82, 2.24) is 4.90 Å². The molecule has 20 heavy (non-hydrogen) atoms. The minimum atomic E-state index is -0.215. The zero-order chi connectivity index (χ0) is 14.7. The zero-order valence-corrected chi connectivity index (χ0v) is 12.2. The van der Waals surface area contributed by atoms with Gasteiger partial charge < -0.3 is 10.0 Å². The van der Waals surface area contributed by atoms with Crippen LogP contribution in [0, 0.1) is 6.92 Å². The van der Waals surface area contributed by atoms with Crippen molar-refractivity contribution in [3.05, 3.63) is 64.2 Å². The highest BCUT2D eigenvalue weighted by molar-refractivity contribution is 6.33. The summed E-state index contributed by atoms with van der Waals surface area (Å²) in [5.41, 5.74) is 2.51. The average molecular weight is 290 g/mol. The van der Waals surface area contributed by atoms with Gasteiger partial charge in [0.15, 0.2) is 0 Å². The van der Waals surface area contributed by atoms with E-state index in [-0.39, 0.29) is 11.7 Å². The number of benzene rings is 2. The van der Waals surface area contributed by atoms with Gasteiger partial charge in [0.05, 0.1) is 10.6 Å². The van der Waals surface area contributed by atoms with Gasteiger partial charge in [0.2, 0.25) is 0 Å². The van der Waals surface area contributed by atoms with E-state index in [9.17, 15) is 9.90 Å². The maximum absolute atomic E-state index is 12.3. The van der Waals surface area contributed by atoms with E-state index in [4.69, 9.17) is 11.6 Å². The van der Waals surface area contributed by atoms with Crippen LogP contribution in [-0.2, 0) is 6.54 Å². The minimum absolute atomic E-state index is 0.0294. The van der Waals surface area contributed by atoms with Crippen LogP contribution >= 0.6 is 11.6 Å². The molecule has 0 bridgehead atoms. The second kappa shape index (κ2) is 5.97. The van der Waals surface area contributed by atoms with Gasteiger partial charge in [-0.2, -0.15) is 0 Å². The van der Waals surface area contributed by atoms with Crippen molar-refractivity contribution >= 4 is 17.5 Å². The molecule has 2 aromatic rings. The topological polar surface area (TPSA) is 40.5 Å². The Kier molecular flexibility index (Phi) is 4.30. The molecule has 2 aromatic carbocycles. The van der Waals surface area contributed by atoms with E-state index >= 15 is 0 Å². The second-order valence-corrected chi connectivity index (χ2v) is 5.22. The standard InChI is InChI=1S/C16H16ClNO2/c1-11-4-3-5-12(8-11)10-18(2)16(20)14-9-13(19)6-7-15(14)17/h3-9,19H,10H2,1-2H3. The molecule has 0 saturated carbocycles. The summed E-state index contributed by atoms with van der Waals surface area (Å²) in [5.74, 6) is -0.186. The Morgan fingerprint density at radius 3 is 2.70 bits per heavy atom. The van der Waals surface area contributed by atoms with E-state index < -0.39 is 0 Å². The van der Waals surface area contributed by atoms with Gasteiger partial charge in [-0.25, -0.2) is 0 Å². The fourth-order valence-electron chi connectivity index (χ4n) is 2.04. The number of aryl methyl sites for hydroxylation is 1. The molecule has 0 unspecified atom stereocenters. The first-order valence-electron chi connectivity index (χ1n) is 6.27. The second-order valence-electron chi connectivity index (χ2n) is 4.81. The molecule has 0 aromatic heterocycles. The SMILES string of the molecule is Cc1cccc(CN(C)C(=O)c2cc(O)ccc2Cl)c1. The van der Waals surface area contributed by atoms with Crippen LogP contribution in [0.15, 0.2) is 42.5 Å². The lowest BCUT2D eigenvalue weighted by Gasteiger charge is -2.18. The molecular formula is C16H16ClNO2. The van der Waals surface area contributed by atoms with E-state index in [1.54, 1.807) is 11.9 Å². The molecule has 0 aliphatic heterocycles. The normalized spacial score (nSPS) is 10.3. The van der Waals surface area contributed by atoms with Crippen LogP contribution in [0.25, 0.3) is 0 Å². The number of carbonyl (C=O) groups excluding carboxylic acids is 1. The van der Waals surface area contributed by atoms with Gasteiger partial charge in [-0.05, 0) is 30.7 Å². The first-order chi connectivity index (χ1) is 9.47. The largest absolute Gasteiger partial charge is 0.508 e. The Balaban J connectivity index is 2.18. The molecule has 0 saturated heterocycles. The first-order valence-corrected chi connectivity index (χ1v) is 6.64. The molecular weight excluding hydrogens is 274 g/mol. The lowest BCUT2D eigenvalue weighted by Crippen LogP contribution is -2.26. The third kappa shape index (κ3) is 3.31. The van der Waals surface area contributed by atoms with Crippen LogP contribution in [0.3, 0.4) is 0 Å². The van der Waals surface area contributed by atoms with Crippen molar-refractivity contribution in [2.24, 2.45) is 0 Å². The monoisotopic (exact) mass is 289 g/mol. The molecule has 0 heterocycles. The fourth-order valence-corrected chi connectivity index (χ4v) is 2.24. The molecule has 0 fully saturated rings. The first kappa shape index (κ1) is 14.4. The van der Waals surface area contributed by atoms with Crippen molar-refractivity contribution in [2.45, 2.75) is 13.5 Å². The van der Waals surface area contributed by atoms with Crippen LogP contribution in [0.5, 0.6) is 5.75 Å². The molecule has 0 atom stereocenters. The highest BCUT2D eigenvalue weighted by atomic mass is 35.5. The predicted octanol–water partition coefficient (Wildman–Crippen LogP) is 3.63. The summed E-state index contributed by atoms with van der Waals surface area (Å²) in [7, 11) is 1.71. The van der Waals surface area contributed by atoms with Gasteiger partial charge in [-0.1, -0.05) is 41.4 Å². The van der Waals surface area contributed by atoms with Crippen molar-refractivity contribution < 1.29 is 9.90 Å². The number of carbonyl (C=O) groups is 1. The molecule has 3 nitrogen and oxygen atoms in total. The fraction of sp³-hybridized carbons (Fsp3) is 0.188. The molecule has 0 aliphatic carbocycles. The average Bonchev–Trinajstić information content (AvgIpc) is 2.40. The molecule has 0 spiro atoms. The number of phenolic OH excluding ortho intramolecular Hbond substituents is 1. The van der Waals surface area contributed by atoms with Gasteiger partial charge >= 0.3 is 0 Å². The quantitative estimate of drug-likeness (QED) is 0.937. The summed E-state index contributed by atoms with van der Waals surface area (Å²) in [6.45, 7) is 2.50. The third-order valence-corrected chi connectivity index (χ3v) is 3.36. The lowest BCUT2D eigenvalue weighted by atomic mass is 10.1. The molecule has 0 aliphatic rings. The Hall–Kier alpha value is -2.00. The highest BCUT2D eigenvalue weighted by Crippen LogP contribution is 2.22. The number of aromatic hydroxyl groups is 1. The van der Waals surface area contributed by atoms with Gasteiger partial charge in [0, 0.05) is 13.6 Å². The maximum atomic E-state index is 12.3. The summed E-state index contributed by atoms with van der Waals surface area (Å²) >= 11 is 6.00. The molecule has 2 rings (SSSR count). The van der Waals surface area contributed by atoms with E-state index in [2.05, 4.69) is 0 Å². The number of halogens is 1. The molecule has 4 heteroatoms. The van der Waals surface area contributed by atoms with E-state index in [1.807, 2.05) is 31.2 Å². The third-order valence-electron chi connectivity index (χ3n) is 3.03. The van der Waals surface area contributed by atoms with Crippen molar-refractivity contribution in [2.75, 3.05) is 7.05 Å². The minimum Gasteiger partial charge on any atom is -0.508 e. The number of hydrogen-bond acceptors (Lipinski definition) is 2. The summed E-state index contributed by atoms with van der Waals surface area (Å²) in [5, 5.41) is 9.80. The van der Waals surface area contributed by atoms with Gasteiger partial charge in [0.1, 0.15) is 5.75 Å². The predicted molar refractivity (Wildman–Crippen MR) is 80.1 cm³/mol. The Bertz CT molecular complexity index is 640. The maximum Gasteiger partial charge on any atom is 0.255 e. The van der Waals surface area contributed by atoms with Crippen LogP contribution in [-0.4, -0.2) is 23.0 Å². The van der Waals surface area contributed by atoms with E-state index in [0.717, 1.165) is 11.1 Å². The molecule has 1 amide bonds. The van der Waals surface area contributed by atoms with Crippen molar-refractivity contribution in [3.63, 3.8) is 0 Å². The summed E-state index contributed by atoms with van der Waals surface area (Å²) in [4.78, 5) is 13.9. The zero-order valence-electron chi connectivity index (χ0n) is 11.4. The molecule has 1 N–H and O–H groups in total. The number of rotatable bonds is 3. The smallest absolute Gasteiger partial charge is 0.255 e.